The molecule has 0 spiro atoms. The molecule has 0 unspecified atom stereocenters. The van der Waals surface area contributed by atoms with E-state index in [1.807, 2.05) is 30.3 Å². The van der Waals surface area contributed by atoms with E-state index in [4.69, 9.17) is 0 Å². The minimum atomic E-state index is -1.79. The third kappa shape index (κ3) is 4.74. The first-order chi connectivity index (χ1) is 14.5. The molecule has 3 N–H and O–H groups in total. The molecule has 1 saturated carbocycles. The van der Waals surface area contributed by atoms with Crippen LogP contribution in [0.3, 0.4) is 0 Å². The van der Waals surface area contributed by atoms with E-state index < -0.39 is 24.0 Å². The van der Waals surface area contributed by atoms with E-state index in [0.717, 1.165) is 28.3 Å². The summed E-state index contributed by atoms with van der Waals surface area (Å²) in [7, 11) is 0. The molecular weight excluding hydrogens is 400 g/mol. The number of benzene rings is 1. The van der Waals surface area contributed by atoms with Gasteiger partial charge in [-0.3, -0.25) is 9.59 Å². The Labute approximate surface area is 180 Å². The lowest BCUT2D eigenvalue weighted by molar-refractivity contribution is -0.153. The number of hydrogen-bond donors (Lipinski definition) is 3. The quantitative estimate of drug-likeness (QED) is 0.632. The molecule has 2 aromatic rings. The van der Waals surface area contributed by atoms with Gasteiger partial charge in [-0.1, -0.05) is 49.9 Å². The lowest BCUT2D eigenvalue weighted by Crippen LogP contribution is -2.49. The maximum absolute atomic E-state index is 12.5. The van der Waals surface area contributed by atoms with Crippen molar-refractivity contribution in [2.45, 2.75) is 63.9 Å². The number of aliphatic hydroxyl groups excluding tert-OH is 2. The summed E-state index contributed by atoms with van der Waals surface area (Å²) in [5.74, 6) is -0.604. The zero-order valence-electron chi connectivity index (χ0n) is 16.9. The van der Waals surface area contributed by atoms with Crippen LogP contribution in [-0.4, -0.2) is 39.1 Å². The van der Waals surface area contributed by atoms with Gasteiger partial charge in [0.25, 0.3) is 11.8 Å². The van der Waals surface area contributed by atoms with Crippen LogP contribution in [0.4, 0.5) is 0 Å². The van der Waals surface area contributed by atoms with Crippen molar-refractivity contribution in [3.63, 3.8) is 0 Å². The normalized spacial score (nSPS) is 18.3. The summed E-state index contributed by atoms with van der Waals surface area (Å²) in [5, 5.41) is 23.1. The highest BCUT2D eigenvalue weighted by Gasteiger charge is 2.35. The van der Waals surface area contributed by atoms with Gasteiger partial charge in [-0.15, -0.1) is 11.3 Å². The smallest absolute Gasteiger partial charge is 0.255 e. The first kappa shape index (κ1) is 21.0. The number of aliphatic hydroxyl groups is 2. The van der Waals surface area contributed by atoms with Crippen LogP contribution < -0.4 is 5.32 Å². The van der Waals surface area contributed by atoms with Crippen molar-refractivity contribution in [2.75, 3.05) is 0 Å². The highest BCUT2D eigenvalue weighted by atomic mass is 32.1. The third-order valence-corrected chi connectivity index (χ3v) is 7.20. The van der Waals surface area contributed by atoms with E-state index in [0.29, 0.717) is 13.1 Å². The minimum Gasteiger partial charge on any atom is -0.380 e. The number of nitrogens with one attached hydrogen (secondary N) is 1. The second-order valence-corrected chi connectivity index (χ2v) is 9.55. The molecule has 2 atom stereocenters. The molecule has 2 amide bonds. The lowest BCUT2D eigenvalue weighted by Gasteiger charge is -2.22. The van der Waals surface area contributed by atoms with Gasteiger partial charge < -0.3 is 20.4 Å². The van der Waals surface area contributed by atoms with Crippen LogP contribution in [-0.2, 0) is 35.6 Å². The Morgan fingerprint density at radius 3 is 2.30 bits per heavy atom. The Hall–Kier alpha value is -2.22. The van der Waals surface area contributed by atoms with Gasteiger partial charge in [0.15, 0.2) is 12.2 Å². The summed E-state index contributed by atoms with van der Waals surface area (Å²) in [6, 6.07) is 11.7. The number of fused-ring (bicyclic) bond motifs is 1. The number of nitrogens with zero attached hydrogens (tertiary/aromatic N) is 1. The largest absolute Gasteiger partial charge is 0.380 e. The molecule has 1 fully saturated rings. The van der Waals surface area contributed by atoms with Crippen molar-refractivity contribution in [3.8, 4) is 0 Å². The average Bonchev–Trinajstić information content (AvgIpc) is 3.51. The maximum atomic E-state index is 12.5. The van der Waals surface area contributed by atoms with Gasteiger partial charge in [0.1, 0.15) is 0 Å². The molecule has 0 bridgehead atoms. The summed E-state index contributed by atoms with van der Waals surface area (Å²) in [5.41, 5.74) is 2.03. The van der Waals surface area contributed by atoms with Crippen LogP contribution in [0.15, 0.2) is 36.4 Å². The zero-order valence-corrected chi connectivity index (χ0v) is 17.7. The number of carbonyl (C=O) groups is 2. The molecule has 6 nitrogen and oxygen atoms in total. The summed E-state index contributed by atoms with van der Waals surface area (Å²) >= 11 is 1.67. The SMILES string of the molecule is O=C(NCc1ccc(CC2CCCC2)s1)[C@H](O)[C@@H](O)C(=O)N1Cc2ccccc2C1. The molecule has 0 saturated heterocycles. The second-order valence-electron chi connectivity index (χ2n) is 8.29. The Balaban J connectivity index is 1.26. The first-order valence-corrected chi connectivity index (χ1v) is 11.4. The Kier molecular flexibility index (Phi) is 6.51. The molecule has 1 aromatic heterocycles. The van der Waals surface area contributed by atoms with E-state index in [-0.39, 0.29) is 6.54 Å². The Bertz CT molecular complexity index is 881. The first-order valence-electron chi connectivity index (χ1n) is 10.6. The molecular formula is C23H28N2O4S. The molecule has 7 heteroatoms. The summed E-state index contributed by atoms with van der Waals surface area (Å²) in [6.07, 6.45) is 2.75. The predicted molar refractivity (Wildman–Crippen MR) is 115 cm³/mol. The van der Waals surface area contributed by atoms with Crippen molar-refractivity contribution >= 4 is 23.2 Å². The molecule has 1 aliphatic carbocycles. The number of hydrogen-bond acceptors (Lipinski definition) is 5. The molecule has 2 aliphatic rings. The third-order valence-electron chi connectivity index (χ3n) is 6.09. The van der Waals surface area contributed by atoms with Crippen molar-refractivity contribution < 1.29 is 19.8 Å². The molecule has 2 heterocycles. The average molecular weight is 429 g/mol. The number of thiophene rings is 1. The van der Waals surface area contributed by atoms with Gasteiger partial charge in [0.2, 0.25) is 0 Å². The highest BCUT2D eigenvalue weighted by molar-refractivity contribution is 7.12. The molecule has 160 valence electrons. The van der Waals surface area contributed by atoms with Gasteiger partial charge in [-0.05, 0) is 35.6 Å². The van der Waals surface area contributed by atoms with Crippen LogP contribution in [0.25, 0.3) is 0 Å². The summed E-state index contributed by atoms with van der Waals surface area (Å²) in [4.78, 5) is 28.6. The van der Waals surface area contributed by atoms with Crippen molar-refractivity contribution in [2.24, 2.45) is 5.92 Å². The van der Waals surface area contributed by atoms with Gasteiger partial charge in [-0.25, -0.2) is 0 Å². The van der Waals surface area contributed by atoms with Crippen LogP contribution in [0.1, 0.15) is 46.6 Å². The van der Waals surface area contributed by atoms with Crippen LogP contribution in [0, 0.1) is 5.92 Å². The molecule has 0 radical (unpaired) electrons. The van der Waals surface area contributed by atoms with Gasteiger partial charge in [0, 0.05) is 22.8 Å². The van der Waals surface area contributed by atoms with Crippen LogP contribution in [0.2, 0.25) is 0 Å². The predicted octanol–water partition coefficient (Wildman–Crippen LogP) is 2.36. The summed E-state index contributed by atoms with van der Waals surface area (Å²) < 4.78 is 0. The van der Waals surface area contributed by atoms with Crippen LogP contribution in [0.5, 0.6) is 0 Å². The maximum Gasteiger partial charge on any atom is 0.255 e. The lowest BCUT2D eigenvalue weighted by atomic mass is 10.0. The fourth-order valence-corrected chi connectivity index (χ4v) is 5.43. The monoisotopic (exact) mass is 428 g/mol. The number of amides is 2. The van der Waals surface area contributed by atoms with Crippen molar-refractivity contribution in [1.29, 1.82) is 0 Å². The van der Waals surface area contributed by atoms with E-state index in [1.54, 1.807) is 11.3 Å². The molecule has 1 aliphatic heterocycles. The topological polar surface area (TPSA) is 89.9 Å². The minimum absolute atomic E-state index is 0.279. The van der Waals surface area contributed by atoms with Gasteiger partial charge in [0.05, 0.1) is 6.54 Å². The second kappa shape index (κ2) is 9.29. The Morgan fingerprint density at radius 1 is 1.00 bits per heavy atom. The molecule has 1 aromatic carbocycles. The van der Waals surface area contributed by atoms with Gasteiger partial charge in [-0.2, -0.15) is 0 Å². The van der Waals surface area contributed by atoms with Crippen LogP contribution >= 0.6 is 11.3 Å². The van der Waals surface area contributed by atoms with Crippen molar-refractivity contribution in [1.82, 2.24) is 10.2 Å². The standard InChI is InChI=1S/C23H28N2O4S/c26-20(21(27)23(29)25-13-16-7-3-4-8-17(16)14-25)22(28)24-12-19-10-9-18(30-19)11-15-5-1-2-6-15/h3-4,7-10,15,20-21,26-27H,1-2,5-6,11-14H2,(H,24,28)/t20-,21-/m1/s1. The number of rotatable bonds is 7. The highest BCUT2D eigenvalue weighted by Crippen LogP contribution is 2.30. The van der Waals surface area contributed by atoms with E-state index in [1.165, 1.54) is 35.5 Å². The molecule has 4 rings (SSSR count). The van der Waals surface area contributed by atoms with E-state index in [2.05, 4.69) is 11.4 Å². The molecule has 30 heavy (non-hydrogen) atoms. The fraction of sp³-hybridized carbons (Fsp3) is 0.478. The number of carbonyl (C=O) groups excluding carboxylic acids is 2. The van der Waals surface area contributed by atoms with Crippen molar-refractivity contribution in [3.05, 3.63) is 57.3 Å². The Morgan fingerprint density at radius 2 is 1.63 bits per heavy atom. The van der Waals surface area contributed by atoms with Gasteiger partial charge >= 0.3 is 0 Å². The van der Waals surface area contributed by atoms with E-state index in [9.17, 15) is 19.8 Å². The zero-order chi connectivity index (χ0) is 21.1. The fourth-order valence-electron chi connectivity index (χ4n) is 4.36. The van der Waals surface area contributed by atoms with E-state index >= 15 is 0 Å². The summed E-state index contributed by atoms with van der Waals surface area (Å²) in [6.45, 7) is 1.03.